The first-order chi connectivity index (χ1) is 13.0. The van der Waals surface area contributed by atoms with Gasteiger partial charge in [-0.2, -0.15) is 0 Å². The van der Waals surface area contributed by atoms with Gasteiger partial charge >= 0.3 is 6.03 Å². The second-order valence-electron chi connectivity index (χ2n) is 6.85. The highest BCUT2D eigenvalue weighted by Gasteiger charge is 2.12. The number of urea groups is 1. The van der Waals surface area contributed by atoms with Gasteiger partial charge in [0.05, 0.1) is 31.6 Å². The Morgan fingerprint density at radius 3 is 2.59 bits per heavy atom. The number of anilines is 1. The Morgan fingerprint density at radius 2 is 1.93 bits per heavy atom. The molecule has 0 aliphatic rings. The first kappa shape index (κ1) is 20.6. The fraction of sp³-hybridized carbons (Fsp3) is 0.429. The number of aromatic nitrogens is 1. The molecule has 2 rings (SSSR count). The van der Waals surface area contributed by atoms with Crippen molar-refractivity contribution in [1.29, 1.82) is 0 Å². The lowest BCUT2D eigenvalue weighted by Gasteiger charge is -2.16. The number of ether oxygens (including phenoxy) is 2. The predicted molar refractivity (Wildman–Crippen MR) is 107 cm³/mol. The topological polar surface area (TPSA) is 72.5 Å². The summed E-state index contributed by atoms with van der Waals surface area (Å²) in [5.41, 5.74) is 1.59. The molecule has 6 heteroatoms. The van der Waals surface area contributed by atoms with E-state index in [9.17, 15) is 4.79 Å². The lowest BCUT2D eigenvalue weighted by Crippen LogP contribution is -2.31. The van der Waals surface area contributed by atoms with Crippen LogP contribution >= 0.6 is 0 Å². The van der Waals surface area contributed by atoms with E-state index >= 15 is 0 Å². The fourth-order valence-electron chi connectivity index (χ4n) is 2.62. The third kappa shape index (κ3) is 6.81. The molecule has 0 aliphatic heterocycles. The number of nitrogens with zero attached hydrogens (tertiary/aromatic N) is 1. The zero-order valence-corrected chi connectivity index (χ0v) is 16.5. The molecule has 2 aromatic rings. The Balaban J connectivity index is 1.94. The number of nitrogens with one attached hydrogen (secondary N) is 2. The van der Waals surface area contributed by atoms with E-state index in [2.05, 4.69) is 29.5 Å². The molecule has 1 atom stereocenters. The number of carbonyl (C=O) groups excluding carboxylic acids is 1. The van der Waals surface area contributed by atoms with Gasteiger partial charge in [-0.15, -0.1) is 0 Å². The molecule has 0 aliphatic carbocycles. The number of amides is 2. The van der Waals surface area contributed by atoms with Crippen molar-refractivity contribution < 1.29 is 14.3 Å². The van der Waals surface area contributed by atoms with Crippen molar-refractivity contribution in [2.24, 2.45) is 5.92 Å². The van der Waals surface area contributed by atoms with Crippen LogP contribution in [0.5, 0.6) is 11.6 Å². The van der Waals surface area contributed by atoms with Gasteiger partial charge in [-0.05, 0) is 31.2 Å². The second-order valence-corrected chi connectivity index (χ2v) is 6.85. The molecule has 6 nitrogen and oxygen atoms in total. The van der Waals surface area contributed by atoms with Gasteiger partial charge in [-0.3, -0.25) is 0 Å². The van der Waals surface area contributed by atoms with Gasteiger partial charge in [-0.25, -0.2) is 9.78 Å². The highest BCUT2D eigenvalue weighted by Crippen LogP contribution is 2.27. The highest BCUT2D eigenvalue weighted by atomic mass is 16.5. The van der Waals surface area contributed by atoms with Gasteiger partial charge in [0.15, 0.2) is 5.75 Å². The van der Waals surface area contributed by atoms with Crippen molar-refractivity contribution in [2.75, 3.05) is 19.0 Å². The minimum atomic E-state index is -0.302. The third-order valence-electron chi connectivity index (χ3n) is 4.10. The molecule has 1 aromatic carbocycles. The molecule has 1 aromatic heterocycles. The quantitative estimate of drug-likeness (QED) is 0.622. The van der Waals surface area contributed by atoms with Gasteiger partial charge in [0.25, 0.3) is 5.88 Å². The Hall–Kier alpha value is -2.76. The van der Waals surface area contributed by atoms with Crippen molar-refractivity contribution in [3.63, 3.8) is 0 Å². The molecule has 0 fully saturated rings. The molecule has 0 saturated heterocycles. The van der Waals surface area contributed by atoms with Gasteiger partial charge in [-0.1, -0.05) is 44.2 Å². The maximum Gasteiger partial charge on any atom is 0.319 e. The summed E-state index contributed by atoms with van der Waals surface area (Å²) in [6, 6.07) is 11.1. The number of hydrogen-bond acceptors (Lipinski definition) is 4. The van der Waals surface area contributed by atoms with E-state index < -0.39 is 0 Å². The van der Waals surface area contributed by atoms with Gasteiger partial charge in [0, 0.05) is 6.07 Å². The van der Waals surface area contributed by atoms with E-state index in [0.29, 0.717) is 29.8 Å². The Morgan fingerprint density at radius 1 is 1.19 bits per heavy atom. The number of rotatable bonds is 9. The fourth-order valence-corrected chi connectivity index (χ4v) is 2.62. The SMILES string of the molecule is COc1ncc(NC(=O)N[C@@H](C)c2ccccc2)cc1OCCCC(C)C. The number of methoxy groups -OCH3 is 1. The average molecular weight is 371 g/mol. The largest absolute Gasteiger partial charge is 0.488 e. The van der Waals surface area contributed by atoms with Gasteiger partial charge < -0.3 is 20.1 Å². The van der Waals surface area contributed by atoms with Crippen LogP contribution in [0.4, 0.5) is 10.5 Å². The summed E-state index contributed by atoms with van der Waals surface area (Å²) >= 11 is 0. The average Bonchev–Trinajstić information content (AvgIpc) is 2.66. The molecule has 2 N–H and O–H groups in total. The van der Waals surface area contributed by atoms with E-state index in [1.807, 2.05) is 37.3 Å². The summed E-state index contributed by atoms with van der Waals surface area (Å²) in [5.74, 6) is 1.57. The van der Waals surface area contributed by atoms with Crippen LogP contribution in [0.2, 0.25) is 0 Å². The minimum absolute atomic E-state index is 0.107. The van der Waals surface area contributed by atoms with Crippen LogP contribution in [0.3, 0.4) is 0 Å². The van der Waals surface area contributed by atoms with Crippen LogP contribution in [-0.2, 0) is 0 Å². The third-order valence-corrected chi connectivity index (χ3v) is 4.10. The van der Waals surface area contributed by atoms with Crippen LogP contribution in [0.25, 0.3) is 0 Å². The van der Waals surface area contributed by atoms with E-state index in [-0.39, 0.29) is 12.1 Å². The molecule has 0 unspecified atom stereocenters. The maximum atomic E-state index is 12.3. The van der Waals surface area contributed by atoms with Crippen LogP contribution in [0.1, 0.15) is 45.2 Å². The van der Waals surface area contributed by atoms with Crippen LogP contribution < -0.4 is 20.1 Å². The summed E-state index contributed by atoms with van der Waals surface area (Å²) in [7, 11) is 1.55. The van der Waals surface area contributed by atoms with Crippen LogP contribution in [-0.4, -0.2) is 24.7 Å². The number of carbonyl (C=O) groups is 1. The minimum Gasteiger partial charge on any atom is -0.488 e. The molecule has 0 saturated carbocycles. The molecular formula is C21H29N3O3. The zero-order valence-electron chi connectivity index (χ0n) is 16.5. The van der Waals surface area contributed by atoms with E-state index in [1.165, 1.54) is 0 Å². The zero-order chi connectivity index (χ0) is 19.6. The summed E-state index contributed by atoms with van der Waals surface area (Å²) in [6.07, 6.45) is 3.59. The lowest BCUT2D eigenvalue weighted by molar-refractivity contribution is 0.249. The van der Waals surface area contributed by atoms with E-state index in [0.717, 1.165) is 18.4 Å². The first-order valence-corrected chi connectivity index (χ1v) is 9.29. The lowest BCUT2D eigenvalue weighted by atomic mass is 10.1. The summed E-state index contributed by atoms with van der Waals surface area (Å²) in [6.45, 7) is 6.88. The van der Waals surface area contributed by atoms with Gasteiger partial charge in [0.1, 0.15) is 0 Å². The Bertz CT molecular complexity index is 720. The van der Waals surface area contributed by atoms with Crippen molar-refractivity contribution in [1.82, 2.24) is 10.3 Å². The highest BCUT2D eigenvalue weighted by molar-refractivity contribution is 5.89. The second kappa shape index (κ2) is 10.4. The van der Waals surface area contributed by atoms with E-state index in [1.54, 1.807) is 19.4 Å². The molecule has 0 spiro atoms. The molecule has 0 bridgehead atoms. The molecule has 27 heavy (non-hydrogen) atoms. The molecule has 1 heterocycles. The van der Waals surface area contributed by atoms with Crippen molar-refractivity contribution in [3.05, 3.63) is 48.2 Å². The standard InChI is InChI=1S/C21H29N3O3/c1-15(2)9-8-12-27-19-13-18(14-22-20(19)26-4)24-21(25)23-16(3)17-10-6-5-7-11-17/h5-7,10-11,13-16H,8-9,12H2,1-4H3,(H2,23,24,25)/t16-/m0/s1. The normalized spacial score (nSPS) is 11.7. The number of benzene rings is 1. The summed E-state index contributed by atoms with van der Waals surface area (Å²) in [4.78, 5) is 16.5. The number of pyridine rings is 1. The Kier molecular flexibility index (Phi) is 7.92. The first-order valence-electron chi connectivity index (χ1n) is 9.29. The molecule has 0 radical (unpaired) electrons. The van der Waals surface area contributed by atoms with Crippen molar-refractivity contribution in [2.45, 2.75) is 39.7 Å². The molecular weight excluding hydrogens is 342 g/mol. The van der Waals surface area contributed by atoms with Crippen LogP contribution in [0.15, 0.2) is 42.6 Å². The summed E-state index contributed by atoms with van der Waals surface area (Å²) in [5, 5.41) is 5.70. The molecule has 2 amide bonds. The smallest absolute Gasteiger partial charge is 0.319 e. The van der Waals surface area contributed by atoms with Gasteiger partial charge in [0.2, 0.25) is 0 Å². The number of hydrogen-bond donors (Lipinski definition) is 2. The monoisotopic (exact) mass is 371 g/mol. The Labute approximate surface area is 161 Å². The van der Waals surface area contributed by atoms with Crippen LogP contribution in [0, 0.1) is 5.92 Å². The van der Waals surface area contributed by atoms with Crippen molar-refractivity contribution in [3.8, 4) is 11.6 Å². The molecule has 146 valence electrons. The maximum absolute atomic E-state index is 12.3. The predicted octanol–water partition coefficient (Wildman–Crippen LogP) is 4.79. The van der Waals surface area contributed by atoms with E-state index in [4.69, 9.17) is 9.47 Å². The van der Waals surface area contributed by atoms with Crippen molar-refractivity contribution >= 4 is 11.7 Å². The summed E-state index contributed by atoms with van der Waals surface area (Å²) < 4.78 is 11.0.